The molecule has 1 fully saturated rings. The van der Waals surface area contributed by atoms with Crippen molar-refractivity contribution in [3.63, 3.8) is 0 Å². The number of carbonyl (C=O) groups excluding carboxylic acids is 1. The third kappa shape index (κ3) is 5.28. The second-order valence-electron chi connectivity index (χ2n) is 4.70. The molecule has 0 saturated carbocycles. The van der Waals surface area contributed by atoms with Gasteiger partial charge in [0.2, 0.25) is 11.9 Å². The molecule has 0 bridgehead atoms. The van der Waals surface area contributed by atoms with E-state index in [0.29, 0.717) is 32.0 Å². The maximum atomic E-state index is 12.1. The van der Waals surface area contributed by atoms with Gasteiger partial charge in [-0.1, -0.05) is 0 Å². The van der Waals surface area contributed by atoms with E-state index in [1.165, 1.54) is 0 Å². The van der Waals surface area contributed by atoms with Crippen molar-refractivity contribution in [3.05, 3.63) is 18.5 Å². The van der Waals surface area contributed by atoms with E-state index >= 15 is 0 Å². The molecular weight excluding hydrogens is 397 g/mol. The highest BCUT2D eigenvalue weighted by molar-refractivity contribution is 14.0. The van der Waals surface area contributed by atoms with Crippen LogP contribution in [0.1, 0.15) is 6.42 Å². The molecule has 1 aromatic rings. The van der Waals surface area contributed by atoms with Gasteiger partial charge in [-0.05, 0) is 6.07 Å². The van der Waals surface area contributed by atoms with Crippen LogP contribution < -0.4 is 16.0 Å². The zero-order chi connectivity index (χ0) is 15.1. The molecule has 3 N–H and O–H groups in total. The summed E-state index contributed by atoms with van der Waals surface area (Å²) in [5.74, 6) is 1.20. The van der Waals surface area contributed by atoms with E-state index in [1.807, 2.05) is 4.90 Å². The topological polar surface area (TPSA) is 99.7 Å². The lowest BCUT2D eigenvalue weighted by atomic mass is 10.3. The minimum absolute atomic E-state index is 0. The van der Waals surface area contributed by atoms with Gasteiger partial charge in [0, 0.05) is 58.6 Å². The summed E-state index contributed by atoms with van der Waals surface area (Å²) in [6.07, 6.45) is 3.87. The first-order valence-electron chi connectivity index (χ1n) is 6.96. The van der Waals surface area contributed by atoms with Crippen LogP contribution in [0.15, 0.2) is 23.5 Å². The van der Waals surface area contributed by atoms with Gasteiger partial charge in [0.1, 0.15) is 0 Å². The smallest absolute Gasteiger partial charge is 0.225 e. The number of hydrogen-bond acceptors (Lipinski definition) is 5. The highest BCUT2D eigenvalue weighted by Crippen LogP contribution is 2.10. The molecule has 1 aliphatic rings. The molecule has 1 amide bonds. The fourth-order valence-electron chi connectivity index (χ4n) is 2.15. The average molecular weight is 419 g/mol. The minimum Gasteiger partial charge on any atom is -0.370 e. The number of guanidine groups is 1. The number of anilines is 1. The number of hydrogen-bond donors (Lipinski definition) is 2. The van der Waals surface area contributed by atoms with Crippen molar-refractivity contribution in [2.45, 2.75) is 6.42 Å². The standard InChI is InChI=1S/C13H21N7O.HI/c1-15-12(14)16-6-3-11(21)19-7-9-20(10-8-19)13-17-4-2-5-18-13;/h2,4-5H,3,6-10H2,1H3,(H3,14,15,16);1H. The summed E-state index contributed by atoms with van der Waals surface area (Å²) in [6.45, 7) is 3.39. The molecule has 2 rings (SSSR count). The maximum absolute atomic E-state index is 12.1. The number of nitrogens with two attached hydrogens (primary N) is 1. The Kier molecular flexibility index (Phi) is 7.85. The van der Waals surface area contributed by atoms with Crippen LogP contribution in [0.5, 0.6) is 0 Å². The van der Waals surface area contributed by atoms with Crippen LogP contribution in [0, 0.1) is 0 Å². The number of halogens is 1. The minimum atomic E-state index is 0. The molecule has 1 aromatic heterocycles. The Labute approximate surface area is 147 Å². The van der Waals surface area contributed by atoms with E-state index in [-0.39, 0.29) is 29.9 Å². The van der Waals surface area contributed by atoms with Gasteiger partial charge in [-0.25, -0.2) is 9.97 Å². The molecule has 0 radical (unpaired) electrons. The Bertz CT molecular complexity index is 488. The number of nitrogens with zero attached hydrogens (tertiary/aromatic N) is 5. The molecule has 2 heterocycles. The number of aliphatic imine (C=N–C) groups is 1. The van der Waals surface area contributed by atoms with E-state index in [4.69, 9.17) is 5.73 Å². The molecule has 0 unspecified atom stereocenters. The van der Waals surface area contributed by atoms with Crippen LogP contribution >= 0.6 is 24.0 Å². The Balaban J connectivity index is 0.00000242. The molecule has 9 heteroatoms. The van der Waals surface area contributed by atoms with Gasteiger partial charge < -0.3 is 20.9 Å². The Morgan fingerprint density at radius 2 is 1.95 bits per heavy atom. The summed E-state index contributed by atoms with van der Waals surface area (Å²) in [6, 6.07) is 1.79. The highest BCUT2D eigenvalue weighted by atomic mass is 127. The first-order valence-corrected chi connectivity index (χ1v) is 6.96. The maximum Gasteiger partial charge on any atom is 0.225 e. The van der Waals surface area contributed by atoms with Gasteiger partial charge in [-0.2, -0.15) is 0 Å². The molecule has 0 aromatic carbocycles. The summed E-state index contributed by atoms with van der Waals surface area (Å²) in [4.78, 5) is 28.2. The lowest BCUT2D eigenvalue weighted by molar-refractivity contribution is -0.131. The molecule has 0 aliphatic carbocycles. The van der Waals surface area contributed by atoms with E-state index in [9.17, 15) is 4.79 Å². The van der Waals surface area contributed by atoms with Crippen LogP contribution in [0.2, 0.25) is 0 Å². The number of carbonyl (C=O) groups is 1. The van der Waals surface area contributed by atoms with Crippen molar-refractivity contribution in [2.75, 3.05) is 44.7 Å². The average Bonchev–Trinajstić information content (AvgIpc) is 2.55. The van der Waals surface area contributed by atoms with Crippen LogP contribution in [-0.2, 0) is 4.79 Å². The predicted octanol–water partition coefficient (Wildman–Crippen LogP) is -0.333. The summed E-state index contributed by atoms with van der Waals surface area (Å²) >= 11 is 0. The predicted molar refractivity (Wildman–Crippen MR) is 96.4 cm³/mol. The molecule has 122 valence electrons. The lowest BCUT2D eigenvalue weighted by Gasteiger charge is -2.34. The highest BCUT2D eigenvalue weighted by Gasteiger charge is 2.21. The first kappa shape index (κ1) is 18.4. The molecule has 0 atom stereocenters. The molecular formula is C13H22IN7O. The van der Waals surface area contributed by atoms with E-state index in [0.717, 1.165) is 19.0 Å². The monoisotopic (exact) mass is 419 g/mol. The van der Waals surface area contributed by atoms with Crippen molar-refractivity contribution in [3.8, 4) is 0 Å². The third-order valence-corrected chi connectivity index (χ3v) is 3.35. The first-order chi connectivity index (χ1) is 10.2. The zero-order valence-electron chi connectivity index (χ0n) is 12.6. The fraction of sp³-hybridized carbons (Fsp3) is 0.538. The SMILES string of the molecule is CN=C(N)NCCC(=O)N1CCN(c2ncccn2)CC1.I. The van der Waals surface area contributed by atoms with Crippen molar-refractivity contribution in [2.24, 2.45) is 10.7 Å². The van der Waals surface area contributed by atoms with Gasteiger partial charge in [-0.3, -0.25) is 9.79 Å². The Hall–Kier alpha value is -1.65. The van der Waals surface area contributed by atoms with Crippen molar-refractivity contribution >= 4 is 41.8 Å². The van der Waals surface area contributed by atoms with E-state index < -0.39 is 0 Å². The fourth-order valence-corrected chi connectivity index (χ4v) is 2.15. The second kappa shape index (κ2) is 9.38. The van der Waals surface area contributed by atoms with E-state index in [2.05, 4.69) is 25.2 Å². The van der Waals surface area contributed by atoms with Crippen LogP contribution in [0.25, 0.3) is 0 Å². The van der Waals surface area contributed by atoms with Crippen LogP contribution in [-0.4, -0.2) is 66.5 Å². The summed E-state index contributed by atoms with van der Waals surface area (Å²) < 4.78 is 0. The molecule has 1 saturated heterocycles. The lowest BCUT2D eigenvalue weighted by Crippen LogP contribution is -2.49. The van der Waals surface area contributed by atoms with Gasteiger partial charge in [0.05, 0.1) is 0 Å². The quantitative estimate of drug-likeness (QED) is 0.394. The second-order valence-corrected chi connectivity index (χ2v) is 4.70. The largest absolute Gasteiger partial charge is 0.370 e. The van der Waals surface area contributed by atoms with Crippen LogP contribution in [0.4, 0.5) is 5.95 Å². The third-order valence-electron chi connectivity index (χ3n) is 3.35. The molecule has 8 nitrogen and oxygen atoms in total. The number of piperazine rings is 1. The molecule has 0 spiro atoms. The van der Waals surface area contributed by atoms with Gasteiger partial charge >= 0.3 is 0 Å². The summed E-state index contributed by atoms with van der Waals surface area (Å²) in [5, 5.41) is 2.89. The van der Waals surface area contributed by atoms with Crippen molar-refractivity contribution < 1.29 is 4.79 Å². The molecule has 1 aliphatic heterocycles. The zero-order valence-corrected chi connectivity index (χ0v) is 14.9. The Morgan fingerprint density at radius 1 is 1.32 bits per heavy atom. The van der Waals surface area contributed by atoms with E-state index in [1.54, 1.807) is 25.5 Å². The number of amides is 1. The van der Waals surface area contributed by atoms with Gasteiger partial charge in [0.25, 0.3) is 0 Å². The number of aromatic nitrogens is 2. The number of nitrogens with one attached hydrogen (secondary N) is 1. The van der Waals surface area contributed by atoms with Crippen LogP contribution in [0.3, 0.4) is 0 Å². The normalized spacial score (nSPS) is 15.2. The summed E-state index contributed by atoms with van der Waals surface area (Å²) in [7, 11) is 1.61. The molecule has 22 heavy (non-hydrogen) atoms. The van der Waals surface area contributed by atoms with Gasteiger partial charge in [-0.15, -0.1) is 24.0 Å². The Morgan fingerprint density at radius 3 is 2.55 bits per heavy atom. The number of rotatable bonds is 4. The summed E-state index contributed by atoms with van der Waals surface area (Å²) in [5.41, 5.74) is 5.51. The van der Waals surface area contributed by atoms with Gasteiger partial charge in [0.15, 0.2) is 5.96 Å². The van der Waals surface area contributed by atoms with Crippen molar-refractivity contribution in [1.82, 2.24) is 20.2 Å². The van der Waals surface area contributed by atoms with Crippen molar-refractivity contribution in [1.29, 1.82) is 0 Å².